The molecule has 1 spiro atoms. The fourth-order valence-electron chi connectivity index (χ4n) is 9.13. The van der Waals surface area contributed by atoms with E-state index in [0.29, 0.717) is 24.2 Å². The van der Waals surface area contributed by atoms with E-state index < -0.39 is 0 Å². The van der Waals surface area contributed by atoms with Crippen LogP contribution in [-0.2, 0) is 6.42 Å². The molecule has 1 aromatic carbocycles. The average molecular weight is 429 g/mol. The lowest BCUT2D eigenvalue weighted by atomic mass is 9.37. The monoisotopic (exact) mass is 428 g/mol. The lowest BCUT2D eigenvalue weighted by molar-refractivity contribution is -0.238. The van der Waals surface area contributed by atoms with Gasteiger partial charge < -0.3 is 20.1 Å². The molecule has 172 valence electrons. The molecule has 3 aliphatic carbocycles. The Morgan fingerprint density at radius 1 is 0.968 bits per heavy atom. The second kappa shape index (κ2) is 6.34. The Bertz CT molecular complexity index is 922. The van der Waals surface area contributed by atoms with Crippen molar-refractivity contribution in [2.24, 2.45) is 34.0 Å². The summed E-state index contributed by atoms with van der Waals surface area (Å²) in [4.78, 5) is 0. The van der Waals surface area contributed by atoms with Crippen molar-refractivity contribution < 1.29 is 20.1 Å². The van der Waals surface area contributed by atoms with Gasteiger partial charge in [-0.2, -0.15) is 0 Å². The Morgan fingerprint density at radius 3 is 2.39 bits per heavy atom. The third kappa shape index (κ3) is 2.46. The van der Waals surface area contributed by atoms with Crippen molar-refractivity contribution in [3.63, 3.8) is 0 Å². The summed E-state index contributed by atoms with van der Waals surface area (Å²) in [6.45, 7) is 13.8. The zero-order valence-corrected chi connectivity index (χ0v) is 20.1. The summed E-state index contributed by atoms with van der Waals surface area (Å²) in [6.07, 6.45) is 6.91. The first-order valence-electron chi connectivity index (χ1n) is 12.3. The minimum atomic E-state index is -0.359. The molecule has 0 amide bonds. The van der Waals surface area contributed by atoms with Crippen LogP contribution in [-0.4, -0.2) is 27.0 Å². The van der Waals surface area contributed by atoms with Gasteiger partial charge in [-0.3, -0.25) is 0 Å². The number of benzene rings is 1. The number of hydrogen-bond acceptors (Lipinski definition) is 4. The van der Waals surface area contributed by atoms with E-state index in [0.717, 1.165) is 49.0 Å². The summed E-state index contributed by atoms with van der Waals surface area (Å²) in [5, 5.41) is 31.8. The van der Waals surface area contributed by atoms with Crippen LogP contribution in [0.5, 0.6) is 17.2 Å². The van der Waals surface area contributed by atoms with E-state index in [1.807, 2.05) is 6.92 Å². The van der Waals surface area contributed by atoms with E-state index >= 15 is 0 Å². The molecule has 4 nitrogen and oxygen atoms in total. The average Bonchev–Trinajstić information content (AvgIpc) is 3.11. The number of aliphatic hydroxyl groups excluding tert-OH is 1. The number of phenolic OH excluding ortho intramolecular Hbond substituents is 2. The van der Waals surface area contributed by atoms with Gasteiger partial charge in [-0.1, -0.05) is 34.6 Å². The topological polar surface area (TPSA) is 69.9 Å². The molecule has 0 aromatic heterocycles. The van der Waals surface area contributed by atoms with Crippen molar-refractivity contribution in [1.29, 1.82) is 0 Å². The van der Waals surface area contributed by atoms with Gasteiger partial charge in [0.15, 0.2) is 11.5 Å². The second-order valence-corrected chi connectivity index (χ2v) is 12.5. The molecule has 2 unspecified atom stereocenters. The maximum atomic E-state index is 10.8. The highest BCUT2D eigenvalue weighted by molar-refractivity contribution is 5.59. The van der Waals surface area contributed by atoms with E-state index in [1.54, 1.807) is 6.07 Å². The number of hydrogen-bond donors (Lipinski definition) is 3. The van der Waals surface area contributed by atoms with E-state index in [4.69, 9.17) is 4.74 Å². The number of fused-ring (bicyclic) bond motifs is 5. The molecule has 0 saturated heterocycles. The largest absolute Gasteiger partial charge is 0.504 e. The highest BCUT2D eigenvalue weighted by Crippen LogP contribution is 2.72. The van der Waals surface area contributed by atoms with Gasteiger partial charge in [0.1, 0.15) is 11.4 Å². The molecule has 1 aliphatic heterocycles. The van der Waals surface area contributed by atoms with Gasteiger partial charge in [-0.15, -0.1) is 0 Å². The quantitative estimate of drug-likeness (QED) is 0.462. The molecule has 0 bridgehead atoms. The molecule has 4 heteroatoms. The Hall–Kier alpha value is -1.42. The first-order valence-corrected chi connectivity index (χ1v) is 12.3. The predicted molar refractivity (Wildman–Crippen MR) is 121 cm³/mol. The first-order chi connectivity index (χ1) is 14.4. The minimum absolute atomic E-state index is 0.00258. The summed E-state index contributed by atoms with van der Waals surface area (Å²) in [7, 11) is 0. The molecular weight excluding hydrogens is 388 g/mol. The van der Waals surface area contributed by atoms with Crippen molar-refractivity contribution in [3.05, 3.63) is 17.2 Å². The van der Waals surface area contributed by atoms with Crippen LogP contribution in [0.15, 0.2) is 6.07 Å². The number of rotatable bonds is 0. The lowest BCUT2D eigenvalue weighted by Crippen LogP contribution is -2.68. The Balaban J connectivity index is 1.61. The number of aliphatic hydroxyl groups is 1. The van der Waals surface area contributed by atoms with Crippen molar-refractivity contribution in [2.45, 2.75) is 98.2 Å². The molecule has 1 aromatic rings. The van der Waals surface area contributed by atoms with Gasteiger partial charge in [0.25, 0.3) is 0 Å². The van der Waals surface area contributed by atoms with Crippen LogP contribution >= 0.6 is 0 Å². The summed E-state index contributed by atoms with van der Waals surface area (Å²) >= 11 is 0. The smallest absolute Gasteiger partial charge is 0.164 e. The van der Waals surface area contributed by atoms with Gasteiger partial charge >= 0.3 is 0 Å². The van der Waals surface area contributed by atoms with Crippen LogP contribution in [0.2, 0.25) is 0 Å². The summed E-state index contributed by atoms with van der Waals surface area (Å²) < 4.78 is 6.96. The summed E-state index contributed by atoms with van der Waals surface area (Å²) in [5.74, 6) is 2.15. The van der Waals surface area contributed by atoms with Crippen molar-refractivity contribution in [2.75, 3.05) is 0 Å². The fourth-order valence-corrected chi connectivity index (χ4v) is 9.13. The molecular formula is C27H40O4. The predicted octanol–water partition coefficient (Wildman–Crippen LogP) is 5.73. The lowest BCUT2D eigenvalue weighted by Gasteiger charge is -2.69. The molecule has 1 heterocycles. The highest BCUT2D eigenvalue weighted by Gasteiger charge is 2.70. The van der Waals surface area contributed by atoms with Crippen LogP contribution in [0.4, 0.5) is 0 Å². The summed E-state index contributed by atoms with van der Waals surface area (Å²) in [6, 6.07) is 1.63. The first kappa shape index (κ1) is 21.4. The Labute approximate surface area is 187 Å². The van der Waals surface area contributed by atoms with E-state index in [9.17, 15) is 15.3 Å². The molecule has 5 rings (SSSR count). The van der Waals surface area contributed by atoms with Gasteiger partial charge in [0.2, 0.25) is 0 Å². The van der Waals surface area contributed by atoms with E-state index in [2.05, 4.69) is 34.6 Å². The van der Waals surface area contributed by atoms with Crippen molar-refractivity contribution in [3.8, 4) is 17.2 Å². The van der Waals surface area contributed by atoms with Crippen LogP contribution in [0.3, 0.4) is 0 Å². The number of phenols is 2. The van der Waals surface area contributed by atoms with Crippen LogP contribution in [0.25, 0.3) is 0 Å². The molecule has 0 radical (unpaired) electrons. The zero-order valence-electron chi connectivity index (χ0n) is 20.1. The molecule has 3 N–H and O–H groups in total. The molecule has 3 saturated carbocycles. The summed E-state index contributed by atoms with van der Waals surface area (Å²) in [5.41, 5.74) is 1.44. The molecule has 4 aliphatic rings. The van der Waals surface area contributed by atoms with Crippen LogP contribution in [0.1, 0.15) is 84.3 Å². The highest BCUT2D eigenvalue weighted by atomic mass is 16.5. The zero-order chi connectivity index (χ0) is 22.6. The van der Waals surface area contributed by atoms with Crippen molar-refractivity contribution >= 4 is 0 Å². The third-order valence-electron chi connectivity index (χ3n) is 10.9. The standard InChI is InChI=1S/C27H40O4/c1-15-13-18(28)22(30)17-14-27(31-23(15)17)16(2)7-8-20-25(5)11-10-21(29)24(3,4)19(25)9-12-26(20,27)6/h13,16,19-21,28-30H,7-12,14H2,1-6H3/t16-,19-,20+,21-,25-,26?,27?/m0/s1. The Morgan fingerprint density at radius 2 is 1.68 bits per heavy atom. The Kier molecular flexibility index (Phi) is 4.38. The van der Waals surface area contributed by atoms with Crippen LogP contribution in [0, 0.1) is 40.9 Å². The van der Waals surface area contributed by atoms with Gasteiger partial charge in [0.05, 0.1) is 6.10 Å². The SMILES string of the molecule is Cc1cc(O)c(O)c2c1OC1(C2)[C@@H](C)CC[C@H]2C1(C)CC[C@H]1C(C)(C)[C@@H](O)CC[C@@]12C. The number of aromatic hydroxyl groups is 2. The van der Waals surface area contributed by atoms with Crippen molar-refractivity contribution in [1.82, 2.24) is 0 Å². The molecule has 7 atom stereocenters. The number of ether oxygens (including phenoxy) is 1. The van der Waals surface area contributed by atoms with Gasteiger partial charge in [-0.05, 0) is 85.7 Å². The normalized spacial score (nSPS) is 45.5. The molecule has 31 heavy (non-hydrogen) atoms. The second-order valence-electron chi connectivity index (χ2n) is 12.5. The van der Waals surface area contributed by atoms with E-state index in [1.165, 1.54) is 6.42 Å². The minimum Gasteiger partial charge on any atom is -0.504 e. The number of aryl methyl sites for hydroxylation is 1. The fraction of sp³-hybridized carbons (Fsp3) is 0.778. The van der Waals surface area contributed by atoms with Crippen LogP contribution < -0.4 is 4.74 Å². The maximum absolute atomic E-state index is 10.8. The van der Waals surface area contributed by atoms with Gasteiger partial charge in [-0.25, -0.2) is 0 Å². The third-order valence-corrected chi connectivity index (χ3v) is 10.9. The maximum Gasteiger partial charge on any atom is 0.164 e. The van der Waals surface area contributed by atoms with E-state index in [-0.39, 0.29) is 39.4 Å². The van der Waals surface area contributed by atoms with Gasteiger partial charge in [0, 0.05) is 17.4 Å². The molecule has 3 fully saturated rings.